The molecule has 2 heterocycles. The van der Waals surface area contributed by atoms with Crippen LogP contribution >= 0.6 is 12.4 Å². The zero-order chi connectivity index (χ0) is 15.6. The third-order valence-electron chi connectivity index (χ3n) is 4.69. The highest BCUT2D eigenvalue weighted by Crippen LogP contribution is 2.36. The second-order valence-corrected chi connectivity index (χ2v) is 6.33. The Labute approximate surface area is 142 Å². The summed E-state index contributed by atoms with van der Waals surface area (Å²) in [6.45, 7) is 2.22. The minimum Gasteiger partial charge on any atom is -0.364 e. The first-order chi connectivity index (χ1) is 10.6. The quantitative estimate of drug-likeness (QED) is 0.859. The molecule has 2 atom stereocenters. The van der Waals surface area contributed by atoms with Crippen LogP contribution in [0.25, 0.3) is 0 Å². The number of aromatic nitrogens is 2. The summed E-state index contributed by atoms with van der Waals surface area (Å²) in [5, 5.41) is 7.22. The van der Waals surface area contributed by atoms with Crippen LogP contribution in [0, 0.1) is 6.92 Å². The maximum atomic E-state index is 12.6. The third kappa shape index (κ3) is 3.84. The van der Waals surface area contributed by atoms with Gasteiger partial charge >= 0.3 is 0 Å². The molecule has 0 radical (unpaired) electrons. The summed E-state index contributed by atoms with van der Waals surface area (Å²) in [4.78, 5) is 17.0. The van der Waals surface area contributed by atoms with Crippen molar-refractivity contribution in [3.63, 3.8) is 0 Å². The summed E-state index contributed by atoms with van der Waals surface area (Å²) in [5.41, 5.74) is 5.09. The fourth-order valence-electron chi connectivity index (χ4n) is 3.44. The monoisotopic (exact) mass is 344 g/mol. The van der Waals surface area contributed by atoms with Gasteiger partial charge in [0, 0.05) is 13.5 Å². The van der Waals surface area contributed by atoms with Crippen LogP contribution in [0.3, 0.4) is 0 Å². The fourth-order valence-corrected chi connectivity index (χ4v) is 3.44. The standard InChI is InChI=1S/C15H24N4O3.ClH/c1-10-17-14(19-22-10)15(7-3-2-4-8-15)18-13(20)12-6-5-11(9-16)21-12;/h11-12H,2-9,16H2,1H3,(H,18,20);1H/t11-,12+;/m1./s1. The van der Waals surface area contributed by atoms with Gasteiger partial charge in [-0.1, -0.05) is 24.4 Å². The average molecular weight is 345 g/mol. The molecule has 3 N–H and O–H groups in total. The van der Waals surface area contributed by atoms with Crippen molar-refractivity contribution in [1.82, 2.24) is 15.5 Å². The van der Waals surface area contributed by atoms with Gasteiger partial charge in [-0.2, -0.15) is 4.98 Å². The molecule has 2 fully saturated rings. The molecule has 1 aromatic rings. The molecule has 0 aromatic carbocycles. The lowest BCUT2D eigenvalue weighted by atomic mass is 9.80. The SMILES string of the molecule is Cc1nc(C2(NC(=O)[C@@H]3CC[C@H](CN)O3)CCCCC2)no1.Cl. The van der Waals surface area contributed by atoms with E-state index >= 15 is 0 Å². The van der Waals surface area contributed by atoms with E-state index in [9.17, 15) is 4.79 Å². The van der Waals surface area contributed by atoms with E-state index in [0.29, 0.717) is 18.3 Å². The van der Waals surface area contributed by atoms with Crippen molar-refractivity contribution in [3.8, 4) is 0 Å². The molecule has 2 aliphatic rings. The summed E-state index contributed by atoms with van der Waals surface area (Å²) < 4.78 is 10.8. The van der Waals surface area contributed by atoms with E-state index in [1.165, 1.54) is 6.42 Å². The number of ether oxygens (including phenoxy) is 1. The van der Waals surface area contributed by atoms with Crippen LogP contribution < -0.4 is 11.1 Å². The Balaban J connectivity index is 0.00000192. The van der Waals surface area contributed by atoms with E-state index in [2.05, 4.69) is 15.5 Å². The number of hydrogen-bond donors (Lipinski definition) is 2. The molecule has 1 saturated heterocycles. The van der Waals surface area contributed by atoms with Crippen LogP contribution in [0.4, 0.5) is 0 Å². The Kier molecular flexibility index (Phi) is 6.00. The molecule has 1 saturated carbocycles. The number of nitrogens with zero attached hydrogens (tertiary/aromatic N) is 2. The van der Waals surface area contributed by atoms with Crippen LogP contribution in [-0.4, -0.2) is 34.8 Å². The summed E-state index contributed by atoms with van der Waals surface area (Å²) in [5.74, 6) is 1.03. The topological polar surface area (TPSA) is 103 Å². The number of aryl methyl sites for hydroxylation is 1. The van der Waals surface area contributed by atoms with Crippen LogP contribution in [0.2, 0.25) is 0 Å². The highest BCUT2D eigenvalue weighted by atomic mass is 35.5. The highest BCUT2D eigenvalue weighted by molar-refractivity contribution is 5.85. The zero-order valence-electron chi connectivity index (χ0n) is 13.4. The van der Waals surface area contributed by atoms with Crippen molar-refractivity contribution in [2.45, 2.75) is 69.6 Å². The number of carbonyl (C=O) groups excluding carboxylic acids is 1. The Hall–Kier alpha value is -1.18. The molecule has 130 valence electrons. The molecular formula is C15H25ClN4O3. The van der Waals surface area contributed by atoms with Crippen molar-refractivity contribution in [3.05, 3.63) is 11.7 Å². The van der Waals surface area contributed by atoms with Gasteiger partial charge in [0.1, 0.15) is 11.6 Å². The van der Waals surface area contributed by atoms with Gasteiger partial charge in [0.15, 0.2) is 5.82 Å². The number of rotatable bonds is 4. The van der Waals surface area contributed by atoms with Crippen molar-refractivity contribution < 1.29 is 14.1 Å². The second kappa shape index (κ2) is 7.59. The maximum absolute atomic E-state index is 12.6. The predicted octanol–water partition coefficient (Wildman–Crippen LogP) is 1.58. The first-order valence-electron chi connectivity index (χ1n) is 8.11. The second-order valence-electron chi connectivity index (χ2n) is 6.33. The van der Waals surface area contributed by atoms with Crippen LogP contribution in [0.1, 0.15) is 56.7 Å². The molecule has 0 bridgehead atoms. The molecular weight excluding hydrogens is 320 g/mol. The summed E-state index contributed by atoms with van der Waals surface area (Å²) >= 11 is 0. The Morgan fingerprint density at radius 3 is 2.65 bits per heavy atom. The molecule has 8 heteroatoms. The minimum absolute atomic E-state index is 0. The lowest BCUT2D eigenvalue weighted by Crippen LogP contribution is -2.51. The number of hydrogen-bond acceptors (Lipinski definition) is 6. The molecule has 1 aliphatic carbocycles. The Morgan fingerprint density at radius 1 is 1.35 bits per heavy atom. The van der Waals surface area contributed by atoms with Gasteiger partial charge in [0.25, 0.3) is 0 Å². The van der Waals surface area contributed by atoms with Gasteiger partial charge in [0.05, 0.1) is 6.10 Å². The van der Waals surface area contributed by atoms with Crippen molar-refractivity contribution in [2.24, 2.45) is 5.73 Å². The Bertz CT molecular complexity index is 531. The largest absolute Gasteiger partial charge is 0.364 e. The van der Waals surface area contributed by atoms with E-state index in [1.807, 2.05) is 0 Å². The lowest BCUT2D eigenvalue weighted by molar-refractivity contribution is -0.134. The number of nitrogens with one attached hydrogen (secondary N) is 1. The van der Waals surface area contributed by atoms with Gasteiger partial charge in [-0.05, 0) is 25.7 Å². The minimum atomic E-state index is -0.517. The first kappa shape index (κ1) is 18.2. The molecule has 1 aromatic heterocycles. The smallest absolute Gasteiger partial charge is 0.249 e. The normalized spacial score (nSPS) is 26.5. The number of amides is 1. The molecule has 7 nitrogen and oxygen atoms in total. The predicted molar refractivity (Wildman–Crippen MR) is 86.1 cm³/mol. The lowest BCUT2D eigenvalue weighted by Gasteiger charge is -2.36. The summed E-state index contributed by atoms with van der Waals surface area (Å²) in [6, 6.07) is 0. The van der Waals surface area contributed by atoms with E-state index in [4.69, 9.17) is 15.0 Å². The van der Waals surface area contributed by atoms with Crippen molar-refractivity contribution in [2.75, 3.05) is 6.54 Å². The molecule has 1 amide bonds. The fraction of sp³-hybridized carbons (Fsp3) is 0.800. The third-order valence-corrected chi connectivity index (χ3v) is 4.69. The molecule has 0 spiro atoms. The highest BCUT2D eigenvalue weighted by Gasteiger charge is 2.42. The van der Waals surface area contributed by atoms with Crippen LogP contribution in [0.15, 0.2) is 4.52 Å². The number of halogens is 1. The van der Waals surface area contributed by atoms with Crippen molar-refractivity contribution >= 4 is 18.3 Å². The van der Waals surface area contributed by atoms with Gasteiger partial charge in [0.2, 0.25) is 11.8 Å². The van der Waals surface area contributed by atoms with Gasteiger partial charge < -0.3 is 20.3 Å². The average Bonchev–Trinajstić information content (AvgIpc) is 3.17. The van der Waals surface area contributed by atoms with E-state index in [-0.39, 0.29) is 24.4 Å². The van der Waals surface area contributed by atoms with Gasteiger partial charge in [-0.25, -0.2) is 0 Å². The number of nitrogens with two attached hydrogens (primary N) is 1. The maximum Gasteiger partial charge on any atom is 0.249 e. The van der Waals surface area contributed by atoms with E-state index in [1.54, 1.807) is 6.92 Å². The molecule has 0 unspecified atom stereocenters. The summed E-state index contributed by atoms with van der Waals surface area (Å²) in [6.07, 6.45) is 6.07. The zero-order valence-corrected chi connectivity index (χ0v) is 14.2. The van der Waals surface area contributed by atoms with Crippen molar-refractivity contribution in [1.29, 1.82) is 0 Å². The van der Waals surface area contributed by atoms with E-state index in [0.717, 1.165) is 38.5 Å². The van der Waals surface area contributed by atoms with Gasteiger partial charge in [-0.15, -0.1) is 12.4 Å². The summed E-state index contributed by atoms with van der Waals surface area (Å²) in [7, 11) is 0. The first-order valence-corrected chi connectivity index (χ1v) is 8.11. The van der Waals surface area contributed by atoms with Gasteiger partial charge in [-0.3, -0.25) is 4.79 Å². The Morgan fingerprint density at radius 2 is 2.09 bits per heavy atom. The van der Waals surface area contributed by atoms with Crippen LogP contribution in [0.5, 0.6) is 0 Å². The van der Waals surface area contributed by atoms with E-state index < -0.39 is 11.6 Å². The van der Waals surface area contributed by atoms with Crippen LogP contribution in [-0.2, 0) is 15.1 Å². The molecule has 3 rings (SSSR count). The molecule has 1 aliphatic heterocycles. The number of carbonyl (C=O) groups is 1. The molecule has 23 heavy (non-hydrogen) atoms.